The van der Waals surface area contributed by atoms with Crippen molar-refractivity contribution in [1.82, 2.24) is 30.2 Å². The summed E-state index contributed by atoms with van der Waals surface area (Å²) in [7, 11) is 0. The summed E-state index contributed by atoms with van der Waals surface area (Å²) >= 11 is 0. The van der Waals surface area contributed by atoms with E-state index in [9.17, 15) is 39.0 Å². The van der Waals surface area contributed by atoms with E-state index in [0.717, 1.165) is 77.0 Å². The minimum atomic E-state index is -0.264. The van der Waals surface area contributed by atoms with E-state index in [1.54, 1.807) is 0 Å². The first-order chi connectivity index (χ1) is 46.0. The third-order valence-electron chi connectivity index (χ3n) is 17.9. The van der Waals surface area contributed by atoms with E-state index in [4.69, 9.17) is 18.9 Å². The van der Waals surface area contributed by atoms with Crippen molar-refractivity contribution in [3.05, 3.63) is 0 Å². The Morgan fingerprint density at radius 3 is 0.649 bits per heavy atom. The highest BCUT2D eigenvalue weighted by Gasteiger charge is 2.18. The molecule has 18 heteroatoms. The number of hydrogen-bond acceptors (Lipinski definition) is 16. The second-order valence-electron chi connectivity index (χ2n) is 26.6. The van der Waals surface area contributed by atoms with E-state index in [2.05, 4.69) is 38.3 Å². The van der Waals surface area contributed by atoms with Gasteiger partial charge in [-0.2, -0.15) is 0 Å². The van der Waals surface area contributed by atoms with E-state index in [-0.39, 0.29) is 87.4 Å². The molecule has 0 aliphatic rings. The highest BCUT2D eigenvalue weighted by atomic mass is 16.5. The zero-order valence-electron chi connectivity index (χ0n) is 61.4. The van der Waals surface area contributed by atoms with E-state index in [1.807, 2.05) is 19.6 Å². The van der Waals surface area contributed by atoms with Crippen molar-refractivity contribution in [1.29, 1.82) is 0 Å². The lowest BCUT2D eigenvalue weighted by Crippen LogP contribution is -2.42. The summed E-state index contributed by atoms with van der Waals surface area (Å²) in [6.45, 7) is 16.0. The van der Waals surface area contributed by atoms with Crippen molar-refractivity contribution >= 4 is 35.7 Å². The molecule has 0 rings (SSSR count). The van der Waals surface area contributed by atoms with Gasteiger partial charge in [-0.1, -0.05) is 259 Å². The first-order valence-corrected chi connectivity index (χ1v) is 39.3. The molecule has 0 bridgehead atoms. The van der Waals surface area contributed by atoms with Crippen LogP contribution in [-0.4, -0.2) is 197 Å². The Morgan fingerprint density at radius 2 is 0.436 bits per heavy atom. The summed E-state index contributed by atoms with van der Waals surface area (Å²) < 4.78 is 22.4. The van der Waals surface area contributed by atoms with Crippen LogP contribution in [0.4, 0.5) is 0 Å². The lowest BCUT2D eigenvalue weighted by atomic mass is 10.1. The molecule has 4 N–H and O–H groups in total. The monoisotopic (exact) mass is 1340 g/mol. The number of hydrogen-bond donors (Lipinski definition) is 4. The van der Waals surface area contributed by atoms with E-state index >= 15 is 0 Å². The molecular weight excluding hydrogens is 1190 g/mol. The maximum atomic E-state index is 13.2. The predicted octanol–water partition coefficient (Wildman–Crippen LogP) is 14.6. The maximum absolute atomic E-state index is 13.2. The number of amides is 2. The van der Waals surface area contributed by atoms with Crippen molar-refractivity contribution < 1.29 is 57.9 Å². The molecular formula is C76H148N6O12. The topological polar surface area (TPSA) is 217 Å². The van der Waals surface area contributed by atoms with Gasteiger partial charge in [0.2, 0.25) is 11.8 Å². The highest BCUT2D eigenvalue weighted by Crippen LogP contribution is 2.15. The molecule has 0 aromatic carbocycles. The van der Waals surface area contributed by atoms with Crippen LogP contribution in [-0.2, 0) is 47.7 Å². The van der Waals surface area contributed by atoms with Crippen molar-refractivity contribution in [2.24, 2.45) is 0 Å². The number of rotatable bonds is 75. The Kier molecular flexibility index (Phi) is 69.7. The minimum absolute atomic E-state index is 0.0967. The Labute approximate surface area is 575 Å². The molecule has 94 heavy (non-hydrogen) atoms. The molecule has 0 saturated heterocycles. The van der Waals surface area contributed by atoms with Crippen LogP contribution >= 0.6 is 0 Å². The molecule has 554 valence electrons. The maximum Gasteiger partial charge on any atom is 0.307 e. The number of nitrogens with zero attached hydrogens (tertiary/aromatic N) is 4. The van der Waals surface area contributed by atoms with Crippen molar-refractivity contribution in [3.63, 3.8) is 0 Å². The fourth-order valence-electron chi connectivity index (χ4n) is 11.7. The number of unbranched alkanes of at least 4 members (excludes halogenated alkanes) is 36. The van der Waals surface area contributed by atoms with Gasteiger partial charge in [-0.25, -0.2) is 0 Å². The average Bonchev–Trinajstić information content (AvgIpc) is 3.05. The van der Waals surface area contributed by atoms with Crippen LogP contribution < -0.4 is 10.6 Å². The molecule has 0 radical (unpaired) electrons. The SMILES string of the molecule is CCCCCCCCCCCCOC(=O)CCN(CCNC(=O)CCN(CCO)CCN(CCO)CCC(=O)NCCN(CCC(=O)OCCCCCCCCCCCC)CCC(=O)OCCCCCCCCCCCC)CCC(=O)OCCCCCCCCCCCC. The summed E-state index contributed by atoms with van der Waals surface area (Å²) in [6, 6.07) is 0. The van der Waals surface area contributed by atoms with Crippen LogP contribution in [0.2, 0.25) is 0 Å². The largest absolute Gasteiger partial charge is 0.466 e. The molecule has 2 amide bonds. The Balaban J connectivity index is 5.19. The molecule has 0 aliphatic carbocycles. The predicted molar refractivity (Wildman–Crippen MR) is 385 cm³/mol. The summed E-state index contributed by atoms with van der Waals surface area (Å²) in [5, 5.41) is 25.9. The molecule has 18 nitrogen and oxygen atoms in total. The van der Waals surface area contributed by atoms with Crippen LogP contribution in [0.15, 0.2) is 0 Å². The first-order valence-electron chi connectivity index (χ1n) is 39.3. The quantitative estimate of drug-likeness (QED) is 0.0253. The van der Waals surface area contributed by atoms with Gasteiger partial charge in [0.05, 0.1) is 65.3 Å². The van der Waals surface area contributed by atoms with E-state index in [1.165, 1.54) is 180 Å². The van der Waals surface area contributed by atoms with Gasteiger partial charge in [0.15, 0.2) is 0 Å². The number of nitrogens with one attached hydrogen (secondary N) is 2. The van der Waals surface area contributed by atoms with Gasteiger partial charge in [0.1, 0.15) is 0 Å². The highest BCUT2D eigenvalue weighted by molar-refractivity contribution is 5.76. The third-order valence-corrected chi connectivity index (χ3v) is 17.9. The lowest BCUT2D eigenvalue weighted by Gasteiger charge is -2.27. The summed E-state index contributed by atoms with van der Waals surface area (Å²) in [5.41, 5.74) is 0. The molecule has 0 unspecified atom stereocenters. The van der Waals surface area contributed by atoms with Gasteiger partial charge < -0.3 is 49.6 Å². The number of ether oxygens (including phenoxy) is 4. The first kappa shape index (κ1) is 90.6. The van der Waals surface area contributed by atoms with Crippen LogP contribution in [0.3, 0.4) is 0 Å². The second kappa shape index (κ2) is 72.3. The van der Waals surface area contributed by atoms with Gasteiger partial charge in [0, 0.05) is 104 Å². The summed E-state index contributed by atoms with van der Waals surface area (Å²) in [4.78, 5) is 85.8. The van der Waals surface area contributed by atoms with Gasteiger partial charge in [0.25, 0.3) is 0 Å². The molecule has 0 spiro atoms. The number of aliphatic hydroxyl groups is 2. The number of aliphatic hydroxyl groups excluding tert-OH is 2. The van der Waals surface area contributed by atoms with Gasteiger partial charge >= 0.3 is 23.9 Å². The molecule has 0 heterocycles. The zero-order valence-corrected chi connectivity index (χ0v) is 61.4. The van der Waals surface area contributed by atoms with Gasteiger partial charge in [-0.3, -0.25) is 38.6 Å². The Morgan fingerprint density at radius 1 is 0.245 bits per heavy atom. The number of carbonyl (C=O) groups excluding carboxylic acids is 6. The van der Waals surface area contributed by atoms with Crippen molar-refractivity contribution in [2.75, 3.05) is 131 Å². The van der Waals surface area contributed by atoms with Crippen LogP contribution in [0.5, 0.6) is 0 Å². The van der Waals surface area contributed by atoms with Crippen LogP contribution in [0, 0.1) is 0 Å². The Hall–Kier alpha value is -3.42. The number of carbonyl (C=O) groups is 6. The number of esters is 4. The lowest BCUT2D eigenvalue weighted by molar-refractivity contribution is -0.146. The van der Waals surface area contributed by atoms with Gasteiger partial charge in [-0.05, 0) is 25.7 Å². The Bertz CT molecular complexity index is 1510. The molecule has 0 aromatic rings. The standard InChI is InChI=1S/C76H148N6O12/c1-5-9-13-17-21-25-29-33-37-41-67-91-73(87)47-55-79(56-48-74(88)92-68-42-38-34-30-26-22-18-14-10-6-2)59-51-77-71(85)45-53-81(63-65-83)61-62-82(64-66-84)54-46-72(86)78-52-60-80(57-49-75(89)93-69-43-39-35-31-27-23-19-15-11-7-3)58-50-76(90)94-70-44-40-36-32-28-24-20-16-12-8-4/h83-84H,5-70H2,1-4H3,(H,77,85)(H,78,86). The average molecular weight is 1340 g/mol. The normalized spacial score (nSPS) is 11.6. The van der Waals surface area contributed by atoms with Crippen LogP contribution in [0.1, 0.15) is 323 Å². The van der Waals surface area contributed by atoms with E-state index < -0.39 is 0 Å². The minimum Gasteiger partial charge on any atom is -0.466 e. The summed E-state index contributed by atoms with van der Waals surface area (Å²) in [6.07, 6.45) is 49.3. The smallest absolute Gasteiger partial charge is 0.307 e. The van der Waals surface area contributed by atoms with E-state index in [0.29, 0.717) is 118 Å². The van der Waals surface area contributed by atoms with Crippen molar-refractivity contribution in [2.45, 2.75) is 323 Å². The molecule has 0 aliphatic heterocycles. The third kappa shape index (κ3) is 65.8. The summed E-state index contributed by atoms with van der Waals surface area (Å²) in [5.74, 6) is -1.37. The molecule has 0 aromatic heterocycles. The fourth-order valence-corrected chi connectivity index (χ4v) is 11.7. The second-order valence-corrected chi connectivity index (χ2v) is 26.6. The fraction of sp³-hybridized carbons (Fsp3) is 0.921. The zero-order chi connectivity index (χ0) is 68.7. The van der Waals surface area contributed by atoms with Crippen LogP contribution in [0.25, 0.3) is 0 Å². The molecule has 0 saturated carbocycles. The molecule has 0 atom stereocenters. The molecule has 0 fully saturated rings. The van der Waals surface area contributed by atoms with Crippen molar-refractivity contribution in [3.8, 4) is 0 Å². The van der Waals surface area contributed by atoms with Gasteiger partial charge in [-0.15, -0.1) is 0 Å².